The number of rotatable bonds is 4. The third kappa shape index (κ3) is 2.93. The fourth-order valence-electron chi connectivity index (χ4n) is 2.80. The first kappa shape index (κ1) is 13.4. The van der Waals surface area contributed by atoms with Gasteiger partial charge in [-0.25, -0.2) is 0 Å². The number of carbonyl (C=O) groups excluding carboxylic acids is 1. The smallest absolute Gasteiger partial charge is 0.248 e. The molecule has 0 aromatic carbocycles. The summed E-state index contributed by atoms with van der Waals surface area (Å²) in [5.74, 6) is 0.0732. The predicted octanol–water partition coefficient (Wildman–Crippen LogP) is 1.01. The van der Waals surface area contributed by atoms with Crippen molar-refractivity contribution in [3.63, 3.8) is 0 Å². The zero-order valence-corrected chi connectivity index (χ0v) is 11.7. The Bertz CT molecular complexity index is 562. The summed E-state index contributed by atoms with van der Waals surface area (Å²) in [5.41, 5.74) is 2.09. The van der Waals surface area contributed by atoms with E-state index in [1.54, 1.807) is 6.07 Å². The van der Waals surface area contributed by atoms with Gasteiger partial charge in [-0.1, -0.05) is 6.07 Å². The molecule has 5 nitrogen and oxygen atoms in total. The van der Waals surface area contributed by atoms with Gasteiger partial charge in [-0.2, -0.15) is 0 Å². The van der Waals surface area contributed by atoms with Crippen molar-refractivity contribution < 1.29 is 4.79 Å². The summed E-state index contributed by atoms with van der Waals surface area (Å²) in [7, 11) is 0. The highest BCUT2D eigenvalue weighted by Gasteiger charge is 2.28. The monoisotopic (exact) mass is 275 g/mol. The molecule has 0 saturated heterocycles. The molecular weight excluding hydrogens is 254 g/mol. The van der Waals surface area contributed by atoms with Gasteiger partial charge in [0.1, 0.15) is 0 Å². The molecule has 2 atom stereocenters. The van der Waals surface area contributed by atoms with E-state index in [0.717, 1.165) is 43.4 Å². The second-order valence-corrected chi connectivity index (χ2v) is 5.87. The molecule has 1 fully saturated rings. The normalized spacial score (nSPS) is 22.9. The van der Waals surface area contributed by atoms with Gasteiger partial charge in [0.2, 0.25) is 11.5 Å². The number of amides is 1. The summed E-state index contributed by atoms with van der Waals surface area (Å²) in [4.78, 5) is 26.3. The molecule has 1 saturated carbocycles. The third-order valence-electron chi connectivity index (χ3n) is 4.10. The average Bonchev–Trinajstić information content (AvgIpc) is 3.22. The van der Waals surface area contributed by atoms with Crippen LogP contribution in [0.5, 0.6) is 0 Å². The number of fused-ring (bicyclic) bond motifs is 1. The fraction of sp³-hybridized carbons (Fsp3) is 0.600. The van der Waals surface area contributed by atoms with Crippen LogP contribution in [0.15, 0.2) is 16.9 Å². The molecule has 1 aromatic rings. The van der Waals surface area contributed by atoms with E-state index in [2.05, 4.69) is 15.6 Å². The van der Waals surface area contributed by atoms with E-state index in [1.807, 2.05) is 13.0 Å². The van der Waals surface area contributed by atoms with Gasteiger partial charge in [-0.05, 0) is 44.6 Å². The number of aromatic nitrogens is 1. The lowest BCUT2D eigenvalue weighted by molar-refractivity contribution is -0.123. The fourth-order valence-corrected chi connectivity index (χ4v) is 2.80. The first-order valence-corrected chi connectivity index (χ1v) is 7.42. The minimum absolute atomic E-state index is 0.0519. The first-order valence-electron chi connectivity index (χ1n) is 7.42. The van der Waals surface area contributed by atoms with Crippen LogP contribution in [0.3, 0.4) is 0 Å². The molecule has 0 aliphatic heterocycles. The second-order valence-electron chi connectivity index (χ2n) is 5.87. The quantitative estimate of drug-likeness (QED) is 0.767. The number of pyridine rings is 1. The van der Waals surface area contributed by atoms with E-state index in [4.69, 9.17) is 0 Å². The Balaban J connectivity index is 1.69. The molecule has 5 heteroatoms. The number of aromatic amines is 1. The summed E-state index contributed by atoms with van der Waals surface area (Å²) in [5, 5.41) is 6.41. The van der Waals surface area contributed by atoms with Crippen molar-refractivity contribution in [2.75, 3.05) is 0 Å². The lowest BCUT2D eigenvalue weighted by Gasteiger charge is -2.28. The van der Waals surface area contributed by atoms with Gasteiger partial charge in [0.05, 0.1) is 6.04 Å². The Kier molecular flexibility index (Phi) is 3.61. The molecule has 3 N–H and O–H groups in total. The van der Waals surface area contributed by atoms with Crippen LogP contribution in [0.1, 0.15) is 49.9 Å². The highest BCUT2D eigenvalue weighted by Crippen LogP contribution is 2.28. The highest BCUT2D eigenvalue weighted by molar-refractivity contribution is 5.81. The summed E-state index contributed by atoms with van der Waals surface area (Å²) in [6.07, 6.45) is 5.14. The Morgan fingerprint density at radius 1 is 1.35 bits per heavy atom. The van der Waals surface area contributed by atoms with Gasteiger partial charge in [-0.3, -0.25) is 14.9 Å². The average molecular weight is 275 g/mol. The van der Waals surface area contributed by atoms with Gasteiger partial charge in [0.15, 0.2) is 0 Å². The molecule has 2 aliphatic rings. The maximum Gasteiger partial charge on any atom is 0.248 e. The maximum atomic E-state index is 12.0. The lowest BCUT2D eigenvalue weighted by Crippen LogP contribution is -2.45. The summed E-state index contributed by atoms with van der Waals surface area (Å²) in [6.45, 7) is 1.90. The summed E-state index contributed by atoms with van der Waals surface area (Å²) in [6, 6.07) is 3.78. The largest absolute Gasteiger partial charge is 0.352 e. The highest BCUT2D eigenvalue weighted by atomic mass is 16.2. The minimum atomic E-state index is -0.210. The third-order valence-corrected chi connectivity index (χ3v) is 4.10. The molecule has 0 spiro atoms. The molecule has 2 unspecified atom stereocenters. The predicted molar refractivity (Wildman–Crippen MR) is 76.5 cm³/mol. The van der Waals surface area contributed by atoms with Crippen LogP contribution in [0.2, 0.25) is 0 Å². The van der Waals surface area contributed by atoms with Crippen LogP contribution in [-0.2, 0) is 11.2 Å². The standard InChI is InChI=1S/C15H21N3O2/c1-9(15(20)17-10-5-6-10)16-12-3-2-4-13-11(12)7-8-14(19)18-13/h7-10,12,16H,2-6H2,1H3,(H,17,20)(H,18,19). The van der Waals surface area contributed by atoms with E-state index in [0.29, 0.717) is 6.04 Å². The molecule has 1 amide bonds. The van der Waals surface area contributed by atoms with Crippen molar-refractivity contribution in [2.24, 2.45) is 0 Å². The van der Waals surface area contributed by atoms with Gasteiger partial charge in [-0.15, -0.1) is 0 Å². The van der Waals surface area contributed by atoms with E-state index in [-0.39, 0.29) is 23.6 Å². The number of nitrogens with one attached hydrogen (secondary N) is 3. The maximum absolute atomic E-state index is 12.0. The van der Waals surface area contributed by atoms with Crippen molar-refractivity contribution in [2.45, 2.75) is 57.2 Å². The van der Waals surface area contributed by atoms with E-state index in [9.17, 15) is 9.59 Å². The minimum Gasteiger partial charge on any atom is -0.352 e. The Morgan fingerprint density at radius 3 is 2.90 bits per heavy atom. The van der Waals surface area contributed by atoms with Crippen molar-refractivity contribution in [3.8, 4) is 0 Å². The van der Waals surface area contributed by atoms with Gasteiger partial charge in [0.25, 0.3) is 0 Å². The van der Waals surface area contributed by atoms with Crippen LogP contribution < -0.4 is 16.2 Å². The van der Waals surface area contributed by atoms with Crippen molar-refractivity contribution in [3.05, 3.63) is 33.7 Å². The number of carbonyl (C=O) groups is 1. The first-order chi connectivity index (χ1) is 9.63. The lowest BCUT2D eigenvalue weighted by atomic mass is 9.91. The Hall–Kier alpha value is -1.62. The Morgan fingerprint density at radius 2 is 2.15 bits per heavy atom. The number of hydrogen-bond acceptors (Lipinski definition) is 3. The van der Waals surface area contributed by atoms with Crippen LogP contribution >= 0.6 is 0 Å². The van der Waals surface area contributed by atoms with E-state index in [1.165, 1.54) is 0 Å². The van der Waals surface area contributed by atoms with Crippen molar-refractivity contribution in [1.82, 2.24) is 15.6 Å². The number of hydrogen-bond donors (Lipinski definition) is 3. The molecule has 3 rings (SSSR count). The zero-order valence-electron chi connectivity index (χ0n) is 11.7. The number of aryl methyl sites for hydroxylation is 1. The van der Waals surface area contributed by atoms with Crippen LogP contribution in [-0.4, -0.2) is 23.0 Å². The molecular formula is C15H21N3O2. The van der Waals surface area contributed by atoms with Gasteiger partial charge < -0.3 is 10.3 Å². The van der Waals surface area contributed by atoms with Crippen molar-refractivity contribution in [1.29, 1.82) is 0 Å². The summed E-state index contributed by atoms with van der Waals surface area (Å²) < 4.78 is 0. The van der Waals surface area contributed by atoms with E-state index < -0.39 is 0 Å². The van der Waals surface area contributed by atoms with Gasteiger partial charge in [0, 0.05) is 23.8 Å². The van der Waals surface area contributed by atoms with Crippen molar-refractivity contribution >= 4 is 5.91 Å². The van der Waals surface area contributed by atoms with Crippen LogP contribution in [0, 0.1) is 0 Å². The number of H-pyrrole nitrogens is 1. The topological polar surface area (TPSA) is 74.0 Å². The Labute approximate surface area is 118 Å². The van der Waals surface area contributed by atoms with Gasteiger partial charge >= 0.3 is 0 Å². The second kappa shape index (κ2) is 5.40. The molecule has 1 aromatic heterocycles. The molecule has 0 bridgehead atoms. The molecule has 1 heterocycles. The SMILES string of the molecule is CC(NC1CCCc2[nH]c(=O)ccc21)C(=O)NC1CC1. The summed E-state index contributed by atoms with van der Waals surface area (Å²) >= 11 is 0. The van der Waals surface area contributed by atoms with E-state index >= 15 is 0 Å². The molecule has 20 heavy (non-hydrogen) atoms. The zero-order chi connectivity index (χ0) is 14.1. The molecule has 2 aliphatic carbocycles. The molecule has 108 valence electrons. The van der Waals surface area contributed by atoms with Crippen LogP contribution in [0.4, 0.5) is 0 Å². The molecule has 0 radical (unpaired) electrons. The van der Waals surface area contributed by atoms with Crippen LogP contribution in [0.25, 0.3) is 0 Å².